The number of aromatic nitrogens is 1. The van der Waals surface area contributed by atoms with Crippen LogP contribution in [0.15, 0.2) is 18.3 Å². The van der Waals surface area contributed by atoms with Gasteiger partial charge in [0.25, 0.3) is 5.91 Å². The second kappa shape index (κ2) is 8.48. The highest BCUT2D eigenvalue weighted by molar-refractivity contribution is 5.77. The largest absolute Gasteiger partial charge is 0.482 e. The van der Waals surface area contributed by atoms with Crippen LogP contribution in [0, 0.1) is 0 Å². The van der Waals surface area contributed by atoms with Gasteiger partial charge in [-0.3, -0.25) is 9.78 Å². The molecule has 0 aromatic carbocycles. The molecule has 0 spiro atoms. The van der Waals surface area contributed by atoms with Crippen molar-refractivity contribution in [2.45, 2.75) is 39.2 Å². The molecule has 0 aliphatic rings. The summed E-state index contributed by atoms with van der Waals surface area (Å²) in [5, 5.41) is 2.75. The Kier molecular flexibility index (Phi) is 6.89. The number of nitrogens with two attached hydrogens (primary N) is 1. The lowest BCUT2D eigenvalue weighted by molar-refractivity contribution is -0.123. The molecule has 1 amide bonds. The van der Waals surface area contributed by atoms with Crippen LogP contribution in [-0.4, -0.2) is 30.1 Å². The van der Waals surface area contributed by atoms with Crippen molar-refractivity contribution < 1.29 is 9.53 Å². The molecule has 0 aliphatic carbocycles. The summed E-state index contributed by atoms with van der Waals surface area (Å²) in [5.41, 5.74) is 6.81. The molecule has 3 N–H and O–H groups in total. The maximum absolute atomic E-state index is 11.4. The van der Waals surface area contributed by atoms with E-state index < -0.39 is 0 Å². The number of hydrogen-bond donors (Lipinski definition) is 2. The quantitative estimate of drug-likeness (QED) is 0.742. The van der Waals surface area contributed by atoms with E-state index in [1.54, 1.807) is 6.20 Å². The molecule has 0 radical (unpaired) electrons. The molecule has 1 heterocycles. The van der Waals surface area contributed by atoms with Gasteiger partial charge < -0.3 is 15.8 Å². The number of amides is 1. The van der Waals surface area contributed by atoms with Crippen molar-refractivity contribution in [3.63, 3.8) is 0 Å². The Morgan fingerprint density at radius 1 is 1.47 bits per heavy atom. The second-order valence-electron chi connectivity index (χ2n) is 4.50. The van der Waals surface area contributed by atoms with Crippen molar-refractivity contribution in [3.05, 3.63) is 24.0 Å². The topological polar surface area (TPSA) is 77.2 Å². The van der Waals surface area contributed by atoms with Crippen LogP contribution < -0.4 is 15.8 Å². The molecule has 0 bridgehead atoms. The van der Waals surface area contributed by atoms with Gasteiger partial charge in [-0.05, 0) is 25.0 Å². The Morgan fingerprint density at radius 3 is 2.84 bits per heavy atom. The van der Waals surface area contributed by atoms with E-state index in [1.165, 1.54) is 0 Å². The Labute approximate surface area is 114 Å². The summed E-state index contributed by atoms with van der Waals surface area (Å²) >= 11 is 0. The maximum Gasteiger partial charge on any atom is 0.257 e. The highest BCUT2D eigenvalue weighted by Gasteiger charge is 2.04. The number of ether oxygens (including phenoxy) is 1. The third kappa shape index (κ3) is 6.20. The van der Waals surface area contributed by atoms with Gasteiger partial charge >= 0.3 is 0 Å². The number of rotatable bonds is 8. The highest BCUT2D eigenvalue weighted by Crippen LogP contribution is 2.10. The Balaban J connectivity index is 2.37. The first-order chi connectivity index (χ1) is 9.15. The molecule has 1 unspecified atom stereocenters. The molecular weight excluding hydrogens is 242 g/mol. The van der Waals surface area contributed by atoms with E-state index >= 15 is 0 Å². The maximum atomic E-state index is 11.4. The number of pyridine rings is 1. The summed E-state index contributed by atoms with van der Waals surface area (Å²) in [6.07, 6.45) is 4.23. The van der Waals surface area contributed by atoms with Crippen molar-refractivity contribution in [3.8, 4) is 5.75 Å². The van der Waals surface area contributed by atoms with Crippen molar-refractivity contribution in [1.29, 1.82) is 0 Å². The highest BCUT2D eigenvalue weighted by atomic mass is 16.5. The lowest BCUT2D eigenvalue weighted by Crippen LogP contribution is -2.29. The molecule has 106 valence electrons. The number of nitrogens with zero attached hydrogens (tertiary/aromatic N) is 1. The zero-order chi connectivity index (χ0) is 14.1. The van der Waals surface area contributed by atoms with Crippen LogP contribution in [0.25, 0.3) is 0 Å². The fraction of sp³-hybridized carbons (Fsp3) is 0.571. The molecule has 0 saturated carbocycles. The van der Waals surface area contributed by atoms with Gasteiger partial charge in [0.15, 0.2) is 6.61 Å². The molecule has 1 aromatic rings. The molecule has 1 atom stereocenters. The summed E-state index contributed by atoms with van der Waals surface area (Å²) < 4.78 is 5.35. The third-order valence-corrected chi connectivity index (χ3v) is 2.74. The van der Waals surface area contributed by atoms with Gasteiger partial charge in [0.2, 0.25) is 0 Å². The van der Waals surface area contributed by atoms with E-state index in [9.17, 15) is 4.79 Å². The van der Waals surface area contributed by atoms with Crippen LogP contribution in [0.4, 0.5) is 0 Å². The second-order valence-corrected chi connectivity index (χ2v) is 4.50. The minimum absolute atomic E-state index is 0.0233. The van der Waals surface area contributed by atoms with Gasteiger partial charge in [-0.1, -0.05) is 13.8 Å². The number of carbonyl (C=O) groups excluding carboxylic acids is 1. The van der Waals surface area contributed by atoms with Crippen LogP contribution in [0.1, 0.15) is 32.4 Å². The summed E-state index contributed by atoms with van der Waals surface area (Å²) in [6, 6.07) is 3.84. The van der Waals surface area contributed by atoms with Gasteiger partial charge in [-0.25, -0.2) is 0 Å². The third-order valence-electron chi connectivity index (χ3n) is 2.74. The average molecular weight is 265 g/mol. The smallest absolute Gasteiger partial charge is 0.257 e. The van der Waals surface area contributed by atoms with E-state index in [4.69, 9.17) is 10.5 Å². The van der Waals surface area contributed by atoms with Gasteiger partial charge in [-0.2, -0.15) is 0 Å². The zero-order valence-electron chi connectivity index (χ0n) is 11.7. The number of nitrogens with one attached hydrogen (secondary N) is 1. The van der Waals surface area contributed by atoms with Crippen molar-refractivity contribution in [2.24, 2.45) is 5.73 Å². The van der Waals surface area contributed by atoms with Crippen molar-refractivity contribution >= 4 is 5.91 Å². The van der Waals surface area contributed by atoms with Gasteiger partial charge in [0.1, 0.15) is 5.75 Å². The van der Waals surface area contributed by atoms with Gasteiger partial charge in [-0.15, -0.1) is 0 Å². The molecule has 5 heteroatoms. The number of hydrogen-bond acceptors (Lipinski definition) is 4. The molecular formula is C14H23N3O2. The summed E-state index contributed by atoms with van der Waals surface area (Å²) in [7, 11) is 0. The minimum Gasteiger partial charge on any atom is -0.482 e. The fourth-order valence-corrected chi connectivity index (χ4v) is 1.49. The van der Waals surface area contributed by atoms with E-state index in [1.807, 2.05) is 19.1 Å². The van der Waals surface area contributed by atoms with Crippen LogP contribution >= 0.6 is 0 Å². The fourth-order valence-electron chi connectivity index (χ4n) is 1.49. The van der Waals surface area contributed by atoms with Crippen LogP contribution in [0.3, 0.4) is 0 Å². The van der Waals surface area contributed by atoms with Crippen molar-refractivity contribution in [1.82, 2.24) is 10.3 Å². The van der Waals surface area contributed by atoms with Gasteiger partial charge in [0, 0.05) is 24.7 Å². The monoisotopic (exact) mass is 265 g/mol. The van der Waals surface area contributed by atoms with Gasteiger partial charge in [0.05, 0.1) is 6.20 Å². The zero-order valence-corrected chi connectivity index (χ0v) is 11.7. The molecule has 1 aromatic heterocycles. The molecule has 0 fully saturated rings. The van der Waals surface area contributed by atoms with E-state index in [-0.39, 0.29) is 18.6 Å². The van der Waals surface area contributed by atoms with Crippen LogP contribution in [0.5, 0.6) is 5.75 Å². The predicted octanol–water partition coefficient (Wildman–Crippen LogP) is 1.27. The number of carbonyl (C=O) groups is 1. The Hall–Kier alpha value is -1.62. The summed E-state index contributed by atoms with van der Waals surface area (Å²) in [4.78, 5) is 15.6. The van der Waals surface area contributed by atoms with E-state index in [2.05, 4.69) is 17.2 Å². The van der Waals surface area contributed by atoms with Crippen LogP contribution in [0.2, 0.25) is 0 Å². The molecule has 19 heavy (non-hydrogen) atoms. The van der Waals surface area contributed by atoms with Crippen molar-refractivity contribution in [2.75, 3.05) is 13.2 Å². The Morgan fingerprint density at radius 2 is 2.26 bits per heavy atom. The normalized spacial score (nSPS) is 11.9. The van der Waals surface area contributed by atoms with E-state index in [0.29, 0.717) is 12.3 Å². The summed E-state index contributed by atoms with van der Waals surface area (Å²) in [6.45, 7) is 4.76. The first-order valence-corrected chi connectivity index (χ1v) is 6.75. The lowest BCUT2D eigenvalue weighted by atomic mass is 10.1. The minimum atomic E-state index is -0.112. The average Bonchev–Trinajstić information content (AvgIpc) is 2.44. The first kappa shape index (κ1) is 15.4. The summed E-state index contributed by atoms with van der Waals surface area (Å²) in [5.74, 6) is 0.486. The SMILES string of the molecule is CCCNC(=O)COc1ccc(CC(N)CC)nc1. The predicted molar refractivity (Wildman–Crippen MR) is 75.0 cm³/mol. The first-order valence-electron chi connectivity index (χ1n) is 6.75. The van der Waals surface area contributed by atoms with E-state index in [0.717, 1.165) is 25.0 Å². The van der Waals surface area contributed by atoms with Crippen LogP contribution in [-0.2, 0) is 11.2 Å². The molecule has 0 aliphatic heterocycles. The lowest BCUT2D eigenvalue weighted by Gasteiger charge is -2.09. The molecule has 1 rings (SSSR count). The molecule has 5 nitrogen and oxygen atoms in total. The Bertz CT molecular complexity index is 379. The molecule has 0 saturated heterocycles. The standard InChI is InChI=1S/C14H23N3O2/c1-3-7-16-14(18)10-19-13-6-5-12(17-9-13)8-11(15)4-2/h5-6,9,11H,3-4,7-8,10,15H2,1-2H3,(H,16,18).